The number of rotatable bonds is 16. The number of carbonyl (C=O) groups is 2. The van der Waals surface area contributed by atoms with Gasteiger partial charge in [-0.1, -0.05) is 75.4 Å². The summed E-state index contributed by atoms with van der Waals surface area (Å²) in [5, 5.41) is 0. The molecule has 3 aromatic carbocycles. The van der Waals surface area contributed by atoms with E-state index in [0.29, 0.717) is 12.2 Å². The molecule has 0 aromatic heterocycles. The molecule has 6 heteroatoms. The summed E-state index contributed by atoms with van der Waals surface area (Å²) in [7, 11) is 0. The third-order valence-electron chi connectivity index (χ3n) is 6.31. The second kappa shape index (κ2) is 16.2. The van der Waals surface area contributed by atoms with Crippen molar-refractivity contribution < 1.29 is 28.5 Å². The Morgan fingerprint density at radius 3 is 1.85 bits per heavy atom. The highest BCUT2D eigenvalue weighted by Gasteiger charge is 2.19. The molecule has 3 rings (SSSR count). The number of ether oxygens (including phenoxy) is 4. The van der Waals surface area contributed by atoms with Crippen LogP contribution in [0.4, 0.5) is 0 Å². The highest BCUT2D eigenvalue weighted by atomic mass is 16.6. The lowest BCUT2D eigenvalue weighted by Crippen LogP contribution is -2.26. The second-order valence-corrected chi connectivity index (χ2v) is 9.45. The van der Waals surface area contributed by atoms with Gasteiger partial charge in [0.15, 0.2) is 6.10 Å². The number of carbonyl (C=O) groups excluding carboxylic acids is 2. The Kier molecular flexibility index (Phi) is 12.4. The number of benzene rings is 3. The lowest BCUT2D eigenvalue weighted by atomic mass is 10.1. The topological polar surface area (TPSA) is 71.1 Å². The Balaban J connectivity index is 1.43. The third kappa shape index (κ3) is 10.1. The van der Waals surface area contributed by atoms with E-state index in [1.165, 1.54) is 39.0 Å². The fourth-order valence-corrected chi connectivity index (χ4v) is 4.00. The monoisotopic (exact) mass is 532 g/mol. The van der Waals surface area contributed by atoms with Crippen LogP contribution in [-0.4, -0.2) is 31.3 Å². The molecule has 0 N–H and O–H groups in total. The van der Waals surface area contributed by atoms with Crippen molar-refractivity contribution in [3.8, 4) is 22.6 Å². The van der Waals surface area contributed by atoms with Crippen molar-refractivity contribution in [1.29, 1.82) is 0 Å². The molecule has 0 amide bonds. The van der Waals surface area contributed by atoms with Crippen molar-refractivity contribution in [1.82, 2.24) is 0 Å². The second-order valence-electron chi connectivity index (χ2n) is 9.45. The first-order valence-electron chi connectivity index (χ1n) is 13.9. The molecule has 3 aromatic rings. The van der Waals surface area contributed by atoms with E-state index in [-0.39, 0.29) is 6.61 Å². The maximum atomic E-state index is 12.3. The quantitative estimate of drug-likeness (QED) is 0.139. The first kappa shape index (κ1) is 29.8. The SMILES string of the molecule is CCCCCCCCOc1ccc(-c2ccc(OCc3ccc(C(=O)OC(C)C(=O)OCC)cc3)cc2)cc1. The molecule has 0 saturated carbocycles. The van der Waals surface area contributed by atoms with E-state index in [2.05, 4.69) is 19.1 Å². The van der Waals surface area contributed by atoms with Gasteiger partial charge in [0, 0.05) is 0 Å². The van der Waals surface area contributed by atoms with Gasteiger partial charge in [-0.05, 0) is 73.4 Å². The first-order valence-corrected chi connectivity index (χ1v) is 13.9. The molecule has 0 spiro atoms. The molecule has 0 saturated heterocycles. The van der Waals surface area contributed by atoms with Crippen LogP contribution in [0.2, 0.25) is 0 Å². The molecule has 208 valence electrons. The predicted octanol–water partition coefficient (Wildman–Crippen LogP) is 7.78. The van der Waals surface area contributed by atoms with E-state index < -0.39 is 18.0 Å². The van der Waals surface area contributed by atoms with E-state index in [4.69, 9.17) is 18.9 Å². The lowest BCUT2D eigenvalue weighted by molar-refractivity contribution is -0.152. The zero-order chi connectivity index (χ0) is 27.9. The number of hydrogen-bond acceptors (Lipinski definition) is 6. The van der Waals surface area contributed by atoms with Crippen LogP contribution in [0, 0.1) is 0 Å². The standard InChI is InChI=1S/C33H40O6/c1-4-6-7-8-9-10-23-37-30-19-15-27(16-20-30)28-17-21-31(22-18-28)38-24-26-11-13-29(14-12-26)33(35)39-25(3)32(34)36-5-2/h11-22,25H,4-10,23-24H2,1-3H3. The fourth-order valence-electron chi connectivity index (χ4n) is 4.00. The summed E-state index contributed by atoms with van der Waals surface area (Å²) < 4.78 is 21.8. The Hall–Kier alpha value is -3.80. The Bertz CT molecular complexity index is 1140. The molecule has 0 radical (unpaired) electrons. The van der Waals surface area contributed by atoms with Crippen LogP contribution in [0.15, 0.2) is 72.8 Å². The minimum Gasteiger partial charge on any atom is -0.494 e. The zero-order valence-corrected chi connectivity index (χ0v) is 23.3. The normalized spacial score (nSPS) is 11.5. The van der Waals surface area contributed by atoms with Crippen molar-refractivity contribution >= 4 is 11.9 Å². The lowest BCUT2D eigenvalue weighted by Gasteiger charge is -2.12. The van der Waals surface area contributed by atoms with E-state index in [1.54, 1.807) is 31.2 Å². The number of esters is 2. The average molecular weight is 533 g/mol. The molecular weight excluding hydrogens is 492 g/mol. The summed E-state index contributed by atoms with van der Waals surface area (Å²) in [6.45, 7) is 6.79. The highest BCUT2D eigenvalue weighted by Crippen LogP contribution is 2.25. The fraction of sp³-hybridized carbons (Fsp3) is 0.394. The molecule has 0 aliphatic carbocycles. The van der Waals surface area contributed by atoms with Gasteiger partial charge in [-0.15, -0.1) is 0 Å². The average Bonchev–Trinajstić information content (AvgIpc) is 2.96. The summed E-state index contributed by atoms with van der Waals surface area (Å²) in [6.07, 6.45) is 6.58. The van der Waals surface area contributed by atoms with Crippen LogP contribution >= 0.6 is 0 Å². The van der Waals surface area contributed by atoms with E-state index in [0.717, 1.165) is 41.2 Å². The molecule has 1 atom stereocenters. The minimum absolute atomic E-state index is 0.236. The minimum atomic E-state index is -0.954. The van der Waals surface area contributed by atoms with Gasteiger partial charge in [-0.25, -0.2) is 9.59 Å². The molecule has 39 heavy (non-hydrogen) atoms. The third-order valence-corrected chi connectivity index (χ3v) is 6.31. The maximum Gasteiger partial charge on any atom is 0.347 e. The van der Waals surface area contributed by atoms with Gasteiger partial charge >= 0.3 is 11.9 Å². The molecule has 1 unspecified atom stereocenters. The first-order chi connectivity index (χ1) is 19.0. The molecule has 0 bridgehead atoms. The van der Waals surface area contributed by atoms with Crippen molar-refractivity contribution in [2.24, 2.45) is 0 Å². The van der Waals surface area contributed by atoms with E-state index >= 15 is 0 Å². The summed E-state index contributed by atoms with van der Waals surface area (Å²) >= 11 is 0. The van der Waals surface area contributed by atoms with Gasteiger partial charge in [0.2, 0.25) is 0 Å². The summed E-state index contributed by atoms with van der Waals surface area (Å²) in [5.41, 5.74) is 3.49. The molecule has 0 heterocycles. The summed E-state index contributed by atoms with van der Waals surface area (Å²) in [6, 6.07) is 23.1. The van der Waals surface area contributed by atoms with Crippen molar-refractivity contribution in [3.63, 3.8) is 0 Å². The van der Waals surface area contributed by atoms with Crippen LogP contribution < -0.4 is 9.47 Å². The van der Waals surface area contributed by atoms with Crippen molar-refractivity contribution in [2.45, 2.75) is 72.0 Å². The number of hydrogen-bond donors (Lipinski definition) is 0. The molecular formula is C33H40O6. The van der Waals surface area contributed by atoms with Crippen molar-refractivity contribution in [2.75, 3.05) is 13.2 Å². The molecule has 0 aliphatic heterocycles. The Morgan fingerprint density at radius 2 is 1.26 bits per heavy atom. The van der Waals surface area contributed by atoms with Gasteiger partial charge in [-0.2, -0.15) is 0 Å². The molecule has 0 aliphatic rings. The Labute approximate surface area is 232 Å². The largest absolute Gasteiger partial charge is 0.494 e. The van der Waals surface area contributed by atoms with Crippen LogP contribution in [0.3, 0.4) is 0 Å². The highest BCUT2D eigenvalue weighted by molar-refractivity contribution is 5.91. The van der Waals surface area contributed by atoms with Crippen LogP contribution in [-0.2, 0) is 20.9 Å². The number of unbranched alkanes of at least 4 members (excludes halogenated alkanes) is 5. The summed E-state index contributed by atoms with van der Waals surface area (Å²) in [4.78, 5) is 23.9. The van der Waals surface area contributed by atoms with Crippen LogP contribution in [0.5, 0.6) is 11.5 Å². The maximum absolute atomic E-state index is 12.3. The van der Waals surface area contributed by atoms with Gasteiger partial charge in [0.1, 0.15) is 18.1 Å². The van der Waals surface area contributed by atoms with Gasteiger partial charge in [-0.3, -0.25) is 0 Å². The van der Waals surface area contributed by atoms with Gasteiger partial charge in [0.25, 0.3) is 0 Å². The van der Waals surface area contributed by atoms with Crippen LogP contribution in [0.1, 0.15) is 75.2 Å². The summed E-state index contributed by atoms with van der Waals surface area (Å²) in [5.74, 6) is 0.521. The van der Waals surface area contributed by atoms with E-state index in [9.17, 15) is 9.59 Å². The zero-order valence-electron chi connectivity index (χ0n) is 23.3. The van der Waals surface area contributed by atoms with Gasteiger partial charge in [0.05, 0.1) is 18.8 Å². The predicted molar refractivity (Wildman–Crippen MR) is 153 cm³/mol. The Morgan fingerprint density at radius 1 is 0.692 bits per heavy atom. The van der Waals surface area contributed by atoms with Crippen LogP contribution in [0.25, 0.3) is 11.1 Å². The van der Waals surface area contributed by atoms with Crippen molar-refractivity contribution in [3.05, 3.63) is 83.9 Å². The van der Waals surface area contributed by atoms with E-state index in [1.807, 2.05) is 36.4 Å². The van der Waals surface area contributed by atoms with Gasteiger partial charge < -0.3 is 18.9 Å². The molecule has 6 nitrogen and oxygen atoms in total. The smallest absolute Gasteiger partial charge is 0.347 e. The molecule has 0 fully saturated rings.